The molecule has 3 heterocycles. The van der Waals surface area contributed by atoms with Crippen LogP contribution in [0.25, 0.3) is 6.08 Å². The summed E-state index contributed by atoms with van der Waals surface area (Å²) < 4.78 is 27.0. The van der Waals surface area contributed by atoms with E-state index in [1.54, 1.807) is 0 Å². The van der Waals surface area contributed by atoms with Crippen molar-refractivity contribution in [2.45, 2.75) is 73.4 Å². The number of phenols is 3. The van der Waals surface area contributed by atoms with E-state index in [4.69, 9.17) is 30.5 Å². The summed E-state index contributed by atoms with van der Waals surface area (Å²) >= 11 is 6.60. The predicted molar refractivity (Wildman–Crippen MR) is 141 cm³/mol. The maximum absolute atomic E-state index is 10.8. The number of aliphatic hydroxyl groups excluding tert-OH is 6. The number of halogens is 1. The van der Waals surface area contributed by atoms with Crippen molar-refractivity contribution < 1.29 is 69.6 Å². The van der Waals surface area contributed by atoms with Gasteiger partial charge in [-0.2, -0.15) is 0 Å². The molecule has 0 saturated carbocycles. The lowest BCUT2D eigenvalue weighted by Gasteiger charge is -2.46. The van der Waals surface area contributed by atoms with Crippen molar-refractivity contribution in [2.24, 2.45) is 0 Å². The number of rotatable bonds is 6. The standard InChI is InChI=1S/C27H31ClO14/c1-10-19(32)21(34)23(36)26(39-10)38-9-18-20(33)22(35)25(37)27(28,42-18)41-17-8-14-15(31)6-13(30)7-16(14)40-24(17)11-2-4-12(29)5-3-11/h2-8,10,18-26,29-37H,9H2,1H3/p+1/t10-,18+,19-,20+,21+,22-,23+,24?,25+,26+,27+/m0/s1. The molecule has 0 amide bonds. The van der Waals surface area contributed by atoms with Gasteiger partial charge in [-0.25, -0.2) is 0 Å². The van der Waals surface area contributed by atoms with Gasteiger partial charge in [0.15, 0.2) is 18.2 Å². The van der Waals surface area contributed by atoms with Gasteiger partial charge in [0, 0.05) is 12.1 Å². The van der Waals surface area contributed by atoms with Crippen LogP contribution in [0.15, 0.2) is 42.2 Å². The molecule has 42 heavy (non-hydrogen) atoms. The smallest absolute Gasteiger partial charge is 0.320 e. The molecular weight excluding hydrogens is 584 g/mol. The number of benzene rings is 2. The summed E-state index contributed by atoms with van der Waals surface area (Å²) in [4.78, 5) is 0. The second kappa shape index (κ2) is 11.7. The number of alkyl halides is 1. The molecule has 0 radical (unpaired) electrons. The second-order valence-corrected chi connectivity index (χ2v) is 10.9. The molecule has 0 bridgehead atoms. The molecule has 0 spiro atoms. The summed E-state index contributed by atoms with van der Waals surface area (Å²) in [5.41, 5.74) is 0.610. The van der Waals surface area contributed by atoms with Crippen molar-refractivity contribution in [3.05, 3.63) is 53.3 Å². The van der Waals surface area contributed by atoms with Crippen LogP contribution < -0.4 is 0 Å². The summed E-state index contributed by atoms with van der Waals surface area (Å²) in [5.74, 6) is -0.507. The average molecular weight is 616 g/mol. The molecule has 0 aromatic heterocycles. The zero-order valence-electron chi connectivity index (χ0n) is 22.0. The van der Waals surface area contributed by atoms with Crippen molar-refractivity contribution in [3.63, 3.8) is 0 Å². The number of aliphatic hydroxyl groups is 7. The van der Waals surface area contributed by atoms with Crippen LogP contribution in [-0.2, 0) is 18.9 Å². The SMILES string of the molecule is C[C@@H]1O[C@@H](OC[C@H]2O[C@](Cl)(OC3=Cc4c(O)cc(O)cc4[OH+]C3c3ccc(O)cc3)[C@H](O)[C@@H](O)[C@@H]2O)[C@H](O)[C@H](O)[C@H]1O. The molecule has 230 valence electrons. The average Bonchev–Trinajstić information content (AvgIpc) is 2.95. The van der Waals surface area contributed by atoms with E-state index in [0.717, 1.165) is 6.07 Å². The quantitative estimate of drug-likeness (QED) is 0.146. The highest BCUT2D eigenvalue weighted by molar-refractivity contribution is 6.22. The molecule has 0 aliphatic carbocycles. The fourth-order valence-electron chi connectivity index (χ4n) is 4.94. The Morgan fingerprint density at radius 3 is 2.26 bits per heavy atom. The van der Waals surface area contributed by atoms with E-state index in [-0.39, 0.29) is 34.3 Å². The number of hydrogen-bond donors (Lipinski definition) is 9. The summed E-state index contributed by atoms with van der Waals surface area (Å²) in [7, 11) is 0. The minimum atomic E-state index is -2.55. The fourth-order valence-corrected chi connectivity index (χ4v) is 5.28. The molecule has 11 atom stereocenters. The first-order chi connectivity index (χ1) is 19.8. The molecule has 1 unspecified atom stereocenters. The number of ether oxygens (including phenoxy) is 5. The zero-order chi connectivity index (χ0) is 30.5. The first-order valence-corrected chi connectivity index (χ1v) is 13.4. The Labute approximate surface area is 243 Å². The molecule has 15 heteroatoms. The maximum atomic E-state index is 10.8. The van der Waals surface area contributed by atoms with Gasteiger partial charge in [-0.15, -0.1) is 0 Å². The molecule has 2 fully saturated rings. The van der Waals surface area contributed by atoms with Crippen molar-refractivity contribution in [1.82, 2.24) is 0 Å². The summed E-state index contributed by atoms with van der Waals surface area (Å²) in [5, 5.41) is 89.8. The largest absolute Gasteiger partial charge is 0.571 e. The van der Waals surface area contributed by atoms with Crippen LogP contribution in [-0.4, -0.2) is 118 Å². The van der Waals surface area contributed by atoms with Crippen molar-refractivity contribution in [3.8, 4) is 23.0 Å². The van der Waals surface area contributed by atoms with Gasteiger partial charge in [0.05, 0.1) is 24.3 Å². The Morgan fingerprint density at radius 1 is 0.881 bits per heavy atom. The maximum Gasteiger partial charge on any atom is 0.320 e. The molecule has 3 aliphatic rings. The number of phenolic OH excluding ortho intramolecular Hbond substituents is 3. The Bertz CT molecular complexity index is 1310. The lowest BCUT2D eigenvalue weighted by Crippen LogP contribution is -2.64. The van der Waals surface area contributed by atoms with Crippen LogP contribution in [0, 0.1) is 0 Å². The predicted octanol–water partition coefficient (Wildman–Crippen LogP) is -0.625. The summed E-state index contributed by atoms with van der Waals surface area (Å²) in [6.45, 7) is 0.873. The van der Waals surface area contributed by atoms with Crippen molar-refractivity contribution in [1.29, 1.82) is 0 Å². The van der Waals surface area contributed by atoms with E-state index in [0.29, 0.717) is 5.56 Å². The van der Waals surface area contributed by atoms with Crippen molar-refractivity contribution in [2.75, 3.05) is 6.61 Å². The first kappa shape index (κ1) is 30.6. The fraction of sp³-hybridized carbons (Fsp3) is 0.481. The van der Waals surface area contributed by atoms with Crippen molar-refractivity contribution >= 4 is 17.7 Å². The number of fused-ring (bicyclic) bond motifs is 1. The minimum absolute atomic E-state index is 0.0278. The Morgan fingerprint density at radius 2 is 1.57 bits per heavy atom. The van der Waals surface area contributed by atoms with Gasteiger partial charge in [-0.05, 0) is 42.8 Å². The van der Waals surface area contributed by atoms with E-state index >= 15 is 0 Å². The van der Waals surface area contributed by atoms with E-state index in [1.807, 2.05) is 0 Å². The highest BCUT2D eigenvalue weighted by Gasteiger charge is 2.57. The molecule has 5 rings (SSSR count). The van der Waals surface area contributed by atoms with Crippen LogP contribution in [0.4, 0.5) is 0 Å². The highest BCUT2D eigenvalue weighted by Crippen LogP contribution is 2.47. The molecule has 3 aliphatic heterocycles. The Balaban J connectivity index is 1.42. The lowest BCUT2D eigenvalue weighted by atomic mass is 9.98. The number of hydrogen-bond acceptors (Lipinski definition) is 13. The van der Waals surface area contributed by atoms with Gasteiger partial charge >= 0.3 is 5.25 Å². The molecule has 2 aromatic carbocycles. The third kappa shape index (κ3) is 5.70. The molecule has 14 nitrogen and oxygen atoms in total. The first-order valence-electron chi connectivity index (χ1n) is 13.0. The lowest BCUT2D eigenvalue weighted by molar-refractivity contribution is -0.338. The van der Waals surface area contributed by atoms with E-state index < -0.39 is 73.1 Å². The van der Waals surface area contributed by atoms with Gasteiger partial charge < -0.3 is 69.6 Å². The monoisotopic (exact) mass is 615 g/mol. The molecule has 2 aromatic rings. The molecular formula is C27H32ClO14+. The Kier molecular flexibility index (Phi) is 8.48. The van der Waals surface area contributed by atoms with E-state index in [1.165, 1.54) is 43.3 Å². The summed E-state index contributed by atoms with van der Waals surface area (Å²) in [6, 6.07) is 8.25. The van der Waals surface area contributed by atoms with E-state index in [9.17, 15) is 46.0 Å². The van der Waals surface area contributed by atoms with Crippen LogP contribution >= 0.6 is 11.6 Å². The van der Waals surface area contributed by atoms with Crippen LogP contribution in [0.2, 0.25) is 0 Å². The molecule has 10 N–H and O–H groups in total. The third-order valence-electron chi connectivity index (χ3n) is 7.36. The van der Waals surface area contributed by atoms with Crippen LogP contribution in [0.1, 0.15) is 24.2 Å². The summed E-state index contributed by atoms with van der Waals surface area (Å²) in [6.07, 6.45) is -13.8. The van der Waals surface area contributed by atoms with Crippen LogP contribution in [0.3, 0.4) is 0 Å². The zero-order valence-corrected chi connectivity index (χ0v) is 22.8. The van der Waals surface area contributed by atoms with Gasteiger partial charge in [0.2, 0.25) is 0 Å². The number of aromatic hydroxyl groups is 4. The van der Waals surface area contributed by atoms with Gasteiger partial charge in [-0.1, -0.05) is 0 Å². The van der Waals surface area contributed by atoms with Gasteiger partial charge in [0.1, 0.15) is 59.4 Å². The van der Waals surface area contributed by atoms with Gasteiger partial charge in [0.25, 0.3) is 11.9 Å². The third-order valence-corrected chi connectivity index (χ3v) is 7.75. The Hall–Kier alpha value is -2.89. The molecule has 2 saturated heterocycles. The van der Waals surface area contributed by atoms with Crippen LogP contribution in [0.5, 0.6) is 23.0 Å². The van der Waals surface area contributed by atoms with Gasteiger partial charge in [-0.3, -0.25) is 0 Å². The topological polar surface area (TPSA) is 232 Å². The second-order valence-electron chi connectivity index (χ2n) is 10.3. The normalized spacial score (nSPS) is 38.2. The highest BCUT2D eigenvalue weighted by atomic mass is 35.5. The van der Waals surface area contributed by atoms with E-state index in [2.05, 4.69) is 4.74 Å². The minimum Gasteiger partial charge on any atom is -0.571 e.